The molecule has 0 aliphatic rings. The molecule has 0 saturated heterocycles. The van der Waals surface area contributed by atoms with Crippen LogP contribution in [0.5, 0.6) is 0 Å². The van der Waals surface area contributed by atoms with Gasteiger partial charge < -0.3 is 9.88 Å². The van der Waals surface area contributed by atoms with Crippen LogP contribution < -0.4 is 5.32 Å². The van der Waals surface area contributed by atoms with Crippen molar-refractivity contribution in [2.75, 3.05) is 11.9 Å². The molecule has 3 aromatic rings. The van der Waals surface area contributed by atoms with Crippen molar-refractivity contribution < 1.29 is 4.79 Å². The first kappa shape index (κ1) is 18.7. The molecule has 0 radical (unpaired) electrons. The fraction of sp³-hybridized carbons (Fsp3) is 0.304. The number of nitrogens with one attached hydrogen (secondary N) is 1. The number of nitrogens with zero attached hydrogens (tertiary/aromatic N) is 2. The molecule has 0 unspecified atom stereocenters. The number of carbonyl (C=O) groups excluding carboxylic acids is 1. The summed E-state index contributed by atoms with van der Waals surface area (Å²) in [6.45, 7) is 9.93. The largest absolute Gasteiger partial charge is 0.373 e. The number of pyridine rings is 1. The predicted molar refractivity (Wildman–Crippen MR) is 111 cm³/mol. The van der Waals surface area contributed by atoms with Gasteiger partial charge in [0, 0.05) is 34.1 Å². The van der Waals surface area contributed by atoms with Gasteiger partial charge in [-0.3, -0.25) is 9.78 Å². The van der Waals surface area contributed by atoms with Gasteiger partial charge in [-0.1, -0.05) is 26.7 Å². The van der Waals surface area contributed by atoms with E-state index in [0.29, 0.717) is 12.1 Å². The lowest BCUT2D eigenvalue weighted by molar-refractivity contribution is 0.112. The molecule has 0 atom stereocenters. The summed E-state index contributed by atoms with van der Waals surface area (Å²) in [5.41, 5.74) is 4.82. The molecule has 4 nitrogen and oxygen atoms in total. The van der Waals surface area contributed by atoms with Crippen LogP contribution in [0.15, 0.2) is 42.6 Å². The molecule has 0 aliphatic carbocycles. The summed E-state index contributed by atoms with van der Waals surface area (Å²) >= 11 is 0. The maximum Gasteiger partial charge on any atom is 0.150 e. The Bertz CT molecular complexity index is 1010. The van der Waals surface area contributed by atoms with Crippen LogP contribution in [0.4, 0.5) is 5.69 Å². The number of benzene rings is 1. The summed E-state index contributed by atoms with van der Waals surface area (Å²) in [6, 6.07) is 11.9. The lowest BCUT2D eigenvalue weighted by atomic mass is 9.92. The van der Waals surface area contributed by atoms with Crippen LogP contribution in [0, 0.1) is 11.8 Å². The number of fused-ring (bicyclic) bond motifs is 1. The van der Waals surface area contributed by atoms with E-state index in [-0.39, 0.29) is 5.41 Å². The molecule has 0 amide bonds. The normalized spacial score (nSPS) is 11.1. The minimum absolute atomic E-state index is 0.0512. The first-order valence-corrected chi connectivity index (χ1v) is 9.20. The van der Waals surface area contributed by atoms with Gasteiger partial charge in [0.15, 0.2) is 0 Å². The van der Waals surface area contributed by atoms with Crippen molar-refractivity contribution in [1.29, 1.82) is 0 Å². The summed E-state index contributed by atoms with van der Waals surface area (Å²) in [5, 5.41) is 4.33. The minimum Gasteiger partial charge on any atom is -0.373 e. The topological polar surface area (TPSA) is 46.9 Å². The van der Waals surface area contributed by atoms with Gasteiger partial charge in [-0.05, 0) is 49.2 Å². The Hall–Kier alpha value is -3.06. The number of aldehydes is 1. The van der Waals surface area contributed by atoms with Gasteiger partial charge in [0.1, 0.15) is 6.29 Å². The molecule has 1 aromatic carbocycles. The molecule has 2 aromatic heterocycles. The number of aryl methyl sites for hydroxylation is 1. The quantitative estimate of drug-likeness (QED) is 0.546. The standard InChI is InChI=1S/C23H25N3O/c1-5-26-20(14-18-13-17(16-27)8-10-21(18)26)7-6-12-24-19-9-11-22(25-15-19)23(2,3)4/h8-11,13-16,24H,5,12H2,1-4H3. The van der Waals surface area contributed by atoms with E-state index in [1.807, 2.05) is 36.5 Å². The first-order chi connectivity index (χ1) is 12.9. The van der Waals surface area contributed by atoms with Gasteiger partial charge in [-0.2, -0.15) is 0 Å². The van der Waals surface area contributed by atoms with Gasteiger partial charge in [0.05, 0.1) is 24.1 Å². The van der Waals surface area contributed by atoms with E-state index >= 15 is 0 Å². The molecule has 0 bridgehead atoms. The number of anilines is 1. The molecule has 0 spiro atoms. The van der Waals surface area contributed by atoms with Crippen molar-refractivity contribution in [1.82, 2.24) is 9.55 Å². The zero-order chi connectivity index (χ0) is 19.4. The molecule has 0 fully saturated rings. The summed E-state index contributed by atoms with van der Waals surface area (Å²) in [5.74, 6) is 6.42. The number of aromatic nitrogens is 2. The molecule has 0 saturated carbocycles. The fourth-order valence-corrected chi connectivity index (χ4v) is 3.03. The highest BCUT2D eigenvalue weighted by Gasteiger charge is 2.14. The van der Waals surface area contributed by atoms with E-state index in [2.05, 4.69) is 60.5 Å². The van der Waals surface area contributed by atoms with Crippen LogP contribution in [0.2, 0.25) is 0 Å². The van der Waals surface area contributed by atoms with E-state index < -0.39 is 0 Å². The number of rotatable bonds is 4. The summed E-state index contributed by atoms with van der Waals surface area (Å²) < 4.78 is 2.16. The molecule has 27 heavy (non-hydrogen) atoms. The van der Waals surface area contributed by atoms with Crippen LogP contribution in [-0.2, 0) is 12.0 Å². The Morgan fingerprint density at radius 3 is 2.63 bits per heavy atom. The van der Waals surface area contributed by atoms with Crippen molar-refractivity contribution in [2.45, 2.75) is 39.7 Å². The zero-order valence-corrected chi connectivity index (χ0v) is 16.3. The van der Waals surface area contributed by atoms with Crippen molar-refractivity contribution >= 4 is 22.9 Å². The summed E-state index contributed by atoms with van der Waals surface area (Å²) in [6.07, 6.45) is 2.73. The number of hydrogen-bond acceptors (Lipinski definition) is 3. The fourth-order valence-electron chi connectivity index (χ4n) is 3.03. The van der Waals surface area contributed by atoms with Crippen LogP contribution in [0.1, 0.15) is 49.4 Å². The Kier molecular flexibility index (Phi) is 5.32. The molecule has 4 heteroatoms. The Labute approximate surface area is 160 Å². The van der Waals surface area contributed by atoms with E-state index in [9.17, 15) is 4.79 Å². The highest BCUT2D eigenvalue weighted by molar-refractivity contribution is 5.88. The second-order valence-electron chi connectivity index (χ2n) is 7.55. The highest BCUT2D eigenvalue weighted by Crippen LogP contribution is 2.21. The van der Waals surface area contributed by atoms with Gasteiger partial charge in [-0.25, -0.2) is 0 Å². The summed E-state index contributed by atoms with van der Waals surface area (Å²) in [4.78, 5) is 15.5. The first-order valence-electron chi connectivity index (χ1n) is 9.20. The SMILES string of the molecule is CCn1c(C#CCNc2ccc(C(C)(C)C)nc2)cc2cc(C=O)ccc21. The average Bonchev–Trinajstić information content (AvgIpc) is 3.01. The Balaban J connectivity index is 1.73. The van der Waals surface area contributed by atoms with Gasteiger partial charge in [0.2, 0.25) is 0 Å². The molecule has 2 heterocycles. The predicted octanol–water partition coefficient (Wildman–Crippen LogP) is 4.63. The van der Waals surface area contributed by atoms with Crippen LogP contribution >= 0.6 is 0 Å². The van der Waals surface area contributed by atoms with Crippen molar-refractivity contribution in [3.05, 3.63) is 59.5 Å². The highest BCUT2D eigenvalue weighted by atomic mass is 16.1. The monoisotopic (exact) mass is 359 g/mol. The molecule has 1 N–H and O–H groups in total. The van der Waals surface area contributed by atoms with E-state index in [1.165, 1.54) is 0 Å². The minimum atomic E-state index is 0.0512. The van der Waals surface area contributed by atoms with Crippen molar-refractivity contribution in [3.8, 4) is 11.8 Å². The third-order valence-electron chi connectivity index (χ3n) is 4.51. The number of hydrogen-bond donors (Lipinski definition) is 1. The van der Waals surface area contributed by atoms with E-state index in [4.69, 9.17) is 0 Å². The van der Waals surface area contributed by atoms with Crippen LogP contribution in [-0.4, -0.2) is 22.4 Å². The third-order valence-corrected chi connectivity index (χ3v) is 4.51. The summed E-state index contributed by atoms with van der Waals surface area (Å²) in [7, 11) is 0. The molecular formula is C23H25N3O. The number of carbonyl (C=O) groups is 1. The zero-order valence-electron chi connectivity index (χ0n) is 16.3. The van der Waals surface area contributed by atoms with Crippen LogP contribution in [0.3, 0.4) is 0 Å². The molecular weight excluding hydrogens is 334 g/mol. The lowest BCUT2D eigenvalue weighted by Gasteiger charge is -2.17. The lowest BCUT2D eigenvalue weighted by Crippen LogP contribution is -2.13. The Morgan fingerprint density at radius 1 is 1.19 bits per heavy atom. The van der Waals surface area contributed by atoms with Crippen molar-refractivity contribution in [2.24, 2.45) is 0 Å². The van der Waals surface area contributed by atoms with Gasteiger partial charge >= 0.3 is 0 Å². The van der Waals surface area contributed by atoms with Gasteiger partial charge in [-0.15, -0.1) is 0 Å². The Morgan fingerprint density at radius 2 is 2.00 bits per heavy atom. The average molecular weight is 359 g/mol. The van der Waals surface area contributed by atoms with Crippen LogP contribution in [0.25, 0.3) is 10.9 Å². The molecule has 3 rings (SSSR count). The van der Waals surface area contributed by atoms with Crippen molar-refractivity contribution in [3.63, 3.8) is 0 Å². The van der Waals surface area contributed by atoms with E-state index in [1.54, 1.807) is 0 Å². The maximum absolute atomic E-state index is 11.0. The molecule has 0 aliphatic heterocycles. The second kappa shape index (κ2) is 7.67. The smallest absolute Gasteiger partial charge is 0.150 e. The molecule has 138 valence electrons. The second-order valence-corrected chi connectivity index (χ2v) is 7.55. The third kappa shape index (κ3) is 4.20. The van der Waals surface area contributed by atoms with Gasteiger partial charge in [0.25, 0.3) is 0 Å². The van der Waals surface area contributed by atoms with E-state index in [0.717, 1.165) is 40.8 Å². The maximum atomic E-state index is 11.0.